The van der Waals surface area contributed by atoms with Crippen molar-refractivity contribution < 1.29 is 0 Å². The van der Waals surface area contributed by atoms with Crippen molar-refractivity contribution in [3.05, 3.63) is 65.8 Å². The minimum absolute atomic E-state index is 0.610. The molecule has 2 rings (SSSR count). The third kappa shape index (κ3) is 2.58. The Bertz CT molecular complexity index is 475. The van der Waals surface area contributed by atoms with Gasteiger partial charge in [0, 0.05) is 0 Å². The Morgan fingerprint density at radius 3 is 2.82 bits per heavy atom. The SMILES string of the molecule is C=C1/C=C\C=C(\C)CC(CC)c2ccccc21. The van der Waals surface area contributed by atoms with Crippen LogP contribution in [0, 0.1) is 0 Å². The lowest BCUT2D eigenvalue weighted by atomic mass is 9.86. The van der Waals surface area contributed by atoms with Crippen molar-refractivity contribution in [1.82, 2.24) is 0 Å². The summed E-state index contributed by atoms with van der Waals surface area (Å²) in [6.07, 6.45) is 8.76. The Balaban J connectivity index is 2.53. The third-order valence-corrected chi connectivity index (χ3v) is 3.49. The smallest absolute Gasteiger partial charge is 0.0121 e. The Hall–Kier alpha value is -1.56. The highest BCUT2D eigenvalue weighted by Crippen LogP contribution is 2.33. The van der Waals surface area contributed by atoms with Gasteiger partial charge in [0.2, 0.25) is 0 Å². The van der Waals surface area contributed by atoms with E-state index in [-0.39, 0.29) is 0 Å². The first-order valence-electron chi connectivity index (χ1n) is 6.34. The molecule has 1 aliphatic rings. The summed E-state index contributed by atoms with van der Waals surface area (Å²) < 4.78 is 0. The first-order valence-corrected chi connectivity index (χ1v) is 6.34. The van der Waals surface area contributed by atoms with Crippen LogP contribution < -0.4 is 0 Å². The molecule has 1 aromatic rings. The Labute approximate surface area is 104 Å². The van der Waals surface area contributed by atoms with E-state index in [9.17, 15) is 0 Å². The summed E-state index contributed by atoms with van der Waals surface area (Å²) in [4.78, 5) is 0. The molecule has 1 aliphatic carbocycles. The molecule has 0 fully saturated rings. The van der Waals surface area contributed by atoms with Gasteiger partial charge in [-0.2, -0.15) is 0 Å². The maximum atomic E-state index is 4.18. The zero-order chi connectivity index (χ0) is 12.3. The molecule has 0 saturated heterocycles. The fraction of sp³-hybridized carbons (Fsp3) is 0.294. The second-order valence-electron chi connectivity index (χ2n) is 4.79. The Kier molecular flexibility index (Phi) is 3.63. The average molecular weight is 224 g/mol. The van der Waals surface area contributed by atoms with Crippen LogP contribution in [0.5, 0.6) is 0 Å². The molecule has 0 heteroatoms. The molecule has 0 heterocycles. The van der Waals surface area contributed by atoms with Crippen molar-refractivity contribution in [3.8, 4) is 0 Å². The van der Waals surface area contributed by atoms with Crippen molar-refractivity contribution in [2.45, 2.75) is 32.6 Å². The standard InChI is InChI=1S/C17H20/c1-4-15-12-13(2)8-7-9-14(3)16-10-5-6-11-17(15)16/h5-11,15H,3-4,12H2,1-2H3/b9-7-,13-8-. The summed E-state index contributed by atoms with van der Waals surface area (Å²) in [6.45, 7) is 8.66. The molecule has 1 atom stereocenters. The van der Waals surface area contributed by atoms with E-state index >= 15 is 0 Å². The number of hydrogen-bond acceptors (Lipinski definition) is 0. The van der Waals surface area contributed by atoms with Gasteiger partial charge in [-0.3, -0.25) is 0 Å². The van der Waals surface area contributed by atoms with E-state index in [1.165, 1.54) is 23.1 Å². The summed E-state index contributed by atoms with van der Waals surface area (Å²) in [6, 6.07) is 8.67. The van der Waals surface area contributed by atoms with Crippen molar-refractivity contribution in [3.63, 3.8) is 0 Å². The second-order valence-corrected chi connectivity index (χ2v) is 4.79. The van der Waals surface area contributed by atoms with E-state index < -0.39 is 0 Å². The molecule has 0 amide bonds. The van der Waals surface area contributed by atoms with Crippen LogP contribution in [0.3, 0.4) is 0 Å². The van der Waals surface area contributed by atoms with E-state index in [1.807, 2.05) is 0 Å². The molecule has 17 heavy (non-hydrogen) atoms. The Morgan fingerprint density at radius 1 is 1.29 bits per heavy atom. The summed E-state index contributed by atoms with van der Waals surface area (Å²) in [5.41, 5.74) is 5.31. The minimum Gasteiger partial charge on any atom is -0.0911 e. The molecule has 0 spiro atoms. The van der Waals surface area contributed by atoms with Gasteiger partial charge < -0.3 is 0 Å². The maximum Gasteiger partial charge on any atom is -0.0121 e. The molecule has 0 N–H and O–H groups in total. The summed E-state index contributed by atoms with van der Waals surface area (Å²) in [7, 11) is 0. The molecule has 0 nitrogen and oxygen atoms in total. The fourth-order valence-corrected chi connectivity index (χ4v) is 2.49. The van der Waals surface area contributed by atoms with Crippen LogP contribution in [-0.2, 0) is 0 Å². The van der Waals surface area contributed by atoms with E-state index in [2.05, 4.69) is 62.9 Å². The summed E-state index contributed by atoms with van der Waals surface area (Å²) in [5, 5.41) is 0. The predicted molar refractivity (Wildman–Crippen MR) is 76.0 cm³/mol. The highest BCUT2D eigenvalue weighted by atomic mass is 14.2. The number of benzene rings is 1. The van der Waals surface area contributed by atoms with Gasteiger partial charge in [0.05, 0.1) is 0 Å². The zero-order valence-corrected chi connectivity index (χ0v) is 10.7. The molecule has 0 aromatic heterocycles. The van der Waals surface area contributed by atoms with E-state index in [1.54, 1.807) is 0 Å². The van der Waals surface area contributed by atoms with Gasteiger partial charge in [-0.05, 0) is 42.4 Å². The lowest BCUT2D eigenvalue weighted by Crippen LogP contribution is -2.01. The normalized spacial score (nSPS) is 24.9. The number of allylic oxidation sites excluding steroid dienone is 5. The lowest BCUT2D eigenvalue weighted by molar-refractivity contribution is 0.655. The average Bonchev–Trinajstić information content (AvgIpc) is 2.40. The Morgan fingerprint density at radius 2 is 2.06 bits per heavy atom. The topological polar surface area (TPSA) is 0 Å². The zero-order valence-electron chi connectivity index (χ0n) is 10.7. The van der Waals surface area contributed by atoms with Gasteiger partial charge in [0.1, 0.15) is 0 Å². The van der Waals surface area contributed by atoms with Crippen LogP contribution in [-0.4, -0.2) is 0 Å². The highest BCUT2D eigenvalue weighted by Gasteiger charge is 2.15. The van der Waals surface area contributed by atoms with Gasteiger partial charge >= 0.3 is 0 Å². The maximum absolute atomic E-state index is 4.18. The van der Waals surface area contributed by atoms with Crippen LogP contribution in [0.2, 0.25) is 0 Å². The molecule has 0 aliphatic heterocycles. The molecule has 0 saturated carbocycles. The van der Waals surface area contributed by atoms with Gasteiger partial charge in [0.25, 0.3) is 0 Å². The summed E-state index contributed by atoms with van der Waals surface area (Å²) >= 11 is 0. The predicted octanol–water partition coefficient (Wildman–Crippen LogP) is 5.10. The van der Waals surface area contributed by atoms with Crippen molar-refractivity contribution >= 4 is 5.57 Å². The van der Waals surface area contributed by atoms with Gasteiger partial charge in [-0.15, -0.1) is 0 Å². The van der Waals surface area contributed by atoms with Crippen molar-refractivity contribution in [1.29, 1.82) is 0 Å². The van der Waals surface area contributed by atoms with Gasteiger partial charge in [-0.25, -0.2) is 0 Å². The van der Waals surface area contributed by atoms with Crippen LogP contribution in [0.1, 0.15) is 43.7 Å². The molecular formula is C17H20. The van der Waals surface area contributed by atoms with Crippen LogP contribution >= 0.6 is 0 Å². The fourth-order valence-electron chi connectivity index (χ4n) is 2.49. The molecule has 1 unspecified atom stereocenters. The minimum atomic E-state index is 0.610. The monoisotopic (exact) mass is 224 g/mol. The number of hydrogen-bond donors (Lipinski definition) is 0. The van der Waals surface area contributed by atoms with E-state index in [0.29, 0.717) is 5.92 Å². The third-order valence-electron chi connectivity index (χ3n) is 3.49. The molecule has 0 bridgehead atoms. The van der Waals surface area contributed by atoms with Crippen LogP contribution in [0.15, 0.2) is 54.6 Å². The van der Waals surface area contributed by atoms with Crippen LogP contribution in [0.4, 0.5) is 0 Å². The highest BCUT2D eigenvalue weighted by molar-refractivity contribution is 5.75. The van der Waals surface area contributed by atoms with Gasteiger partial charge in [-0.1, -0.05) is 61.6 Å². The quantitative estimate of drug-likeness (QED) is 0.622. The molecule has 0 radical (unpaired) electrons. The first kappa shape index (κ1) is 11.9. The first-order chi connectivity index (χ1) is 8.22. The molecule has 88 valence electrons. The second kappa shape index (κ2) is 5.18. The van der Waals surface area contributed by atoms with E-state index in [0.717, 1.165) is 12.0 Å². The molecular weight excluding hydrogens is 204 g/mol. The number of fused-ring (bicyclic) bond motifs is 1. The van der Waals surface area contributed by atoms with E-state index in [4.69, 9.17) is 0 Å². The largest absolute Gasteiger partial charge is 0.0911 e. The van der Waals surface area contributed by atoms with Crippen molar-refractivity contribution in [2.24, 2.45) is 0 Å². The number of rotatable bonds is 1. The lowest BCUT2D eigenvalue weighted by Gasteiger charge is -2.19. The summed E-state index contributed by atoms with van der Waals surface area (Å²) in [5.74, 6) is 0.610. The van der Waals surface area contributed by atoms with Crippen molar-refractivity contribution in [2.75, 3.05) is 0 Å². The molecule has 1 aromatic carbocycles. The van der Waals surface area contributed by atoms with Gasteiger partial charge in [0.15, 0.2) is 0 Å². The van der Waals surface area contributed by atoms with Crippen LogP contribution in [0.25, 0.3) is 5.57 Å².